The first kappa shape index (κ1) is 33.6. The van der Waals surface area contributed by atoms with Gasteiger partial charge in [-0.3, -0.25) is 14.5 Å². The Hall–Kier alpha value is -2.27. The van der Waals surface area contributed by atoms with Gasteiger partial charge in [0.25, 0.3) is 11.5 Å². The number of para-hydroxylation sites is 1. The molecular formula is C33H53N5O4S. The molecule has 2 aliphatic rings. The molecule has 240 valence electrons. The fourth-order valence-corrected chi connectivity index (χ4v) is 7.49. The van der Waals surface area contributed by atoms with Gasteiger partial charge in [0.1, 0.15) is 5.56 Å². The summed E-state index contributed by atoms with van der Waals surface area (Å²) < 4.78 is 26.2. The third-order valence-corrected chi connectivity index (χ3v) is 10.8. The van der Waals surface area contributed by atoms with Gasteiger partial charge >= 0.3 is 0 Å². The van der Waals surface area contributed by atoms with E-state index in [2.05, 4.69) is 22.2 Å². The Bertz CT molecular complexity index is 1380. The second-order valence-corrected chi connectivity index (χ2v) is 15.2. The quantitative estimate of drug-likeness (QED) is 0.280. The van der Waals surface area contributed by atoms with Gasteiger partial charge < -0.3 is 14.8 Å². The maximum Gasteiger partial charge on any atom is 0.264 e. The smallest absolute Gasteiger partial charge is 0.264 e. The highest BCUT2D eigenvalue weighted by atomic mass is 32.2. The zero-order valence-electron chi connectivity index (χ0n) is 26.9. The first-order chi connectivity index (χ1) is 20.5. The van der Waals surface area contributed by atoms with Crippen LogP contribution < -0.4 is 10.9 Å². The van der Waals surface area contributed by atoms with Crippen LogP contribution >= 0.6 is 0 Å². The highest BCUT2D eigenvalue weighted by molar-refractivity contribution is 7.88. The van der Waals surface area contributed by atoms with E-state index in [1.54, 1.807) is 17.7 Å². The summed E-state index contributed by atoms with van der Waals surface area (Å²) in [6.45, 7) is 7.63. The number of carbonyl (C=O) groups is 1. The maximum atomic E-state index is 13.4. The van der Waals surface area contributed by atoms with Crippen LogP contribution in [0.4, 0.5) is 0 Å². The van der Waals surface area contributed by atoms with Gasteiger partial charge in [-0.1, -0.05) is 37.5 Å². The largest absolute Gasteiger partial charge is 0.349 e. The minimum atomic E-state index is -3.09. The van der Waals surface area contributed by atoms with E-state index in [1.807, 2.05) is 38.1 Å². The first-order valence-electron chi connectivity index (χ1n) is 16.3. The third kappa shape index (κ3) is 8.90. The molecule has 1 aromatic carbocycles. The molecule has 0 aliphatic carbocycles. The Morgan fingerprint density at radius 1 is 0.953 bits per heavy atom. The summed E-state index contributed by atoms with van der Waals surface area (Å²) in [6, 6.07) is 10.7. The van der Waals surface area contributed by atoms with Gasteiger partial charge in [-0.2, -0.15) is 0 Å². The molecule has 1 aromatic heterocycles. The highest BCUT2D eigenvalue weighted by Crippen LogP contribution is 2.36. The number of nitrogens with one attached hydrogen (secondary N) is 1. The molecule has 0 saturated carbocycles. The van der Waals surface area contributed by atoms with Crippen LogP contribution in [0.1, 0.15) is 94.5 Å². The standard InChI is InChI=1S/C33H53N5O4S/c1-25(2)38-31-15-10-9-14-26(31)22-30(33(38)40)32(39)34-27-23-28-16-17-29(24-27)37(28)21-12-8-6-7-11-18-35(3)19-13-20-36(4)43(5,41)42/h9-10,14-15,22,25,27-29H,6-8,11-13,16-21,23-24H2,1-5H3,(H,34,39)/t27?,28-,29+. The molecule has 10 heteroatoms. The molecule has 1 unspecified atom stereocenters. The topological polar surface area (TPSA) is 95.0 Å². The van der Waals surface area contributed by atoms with E-state index < -0.39 is 10.0 Å². The first-order valence-corrected chi connectivity index (χ1v) is 18.1. The average Bonchev–Trinajstić information content (AvgIpc) is 3.18. The maximum absolute atomic E-state index is 13.4. The van der Waals surface area contributed by atoms with Crippen molar-refractivity contribution in [2.45, 2.75) is 102 Å². The lowest BCUT2D eigenvalue weighted by atomic mass is 9.96. The molecular weight excluding hydrogens is 562 g/mol. The van der Waals surface area contributed by atoms with E-state index in [-0.39, 0.29) is 29.1 Å². The van der Waals surface area contributed by atoms with Gasteiger partial charge in [0.15, 0.2) is 0 Å². The van der Waals surface area contributed by atoms with Gasteiger partial charge in [0, 0.05) is 37.8 Å². The van der Waals surface area contributed by atoms with Crippen molar-refractivity contribution in [1.82, 2.24) is 24.0 Å². The summed E-state index contributed by atoms with van der Waals surface area (Å²) >= 11 is 0. The van der Waals surface area contributed by atoms with E-state index in [0.717, 1.165) is 49.8 Å². The van der Waals surface area contributed by atoms with Crippen molar-refractivity contribution in [2.75, 3.05) is 46.5 Å². The zero-order valence-corrected chi connectivity index (χ0v) is 27.7. The van der Waals surface area contributed by atoms with Crippen molar-refractivity contribution in [3.8, 4) is 0 Å². The lowest BCUT2D eigenvalue weighted by molar-refractivity contribution is 0.0839. The number of nitrogens with zero attached hydrogens (tertiary/aromatic N) is 4. The number of carbonyl (C=O) groups excluding carboxylic acids is 1. The van der Waals surface area contributed by atoms with E-state index in [1.165, 1.54) is 55.5 Å². The van der Waals surface area contributed by atoms with Gasteiger partial charge in [-0.25, -0.2) is 12.7 Å². The third-order valence-electron chi connectivity index (χ3n) is 9.46. The molecule has 9 nitrogen and oxygen atoms in total. The van der Waals surface area contributed by atoms with E-state index >= 15 is 0 Å². The Morgan fingerprint density at radius 3 is 2.26 bits per heavy atom. The monoisotopic (exact) mass is 615 g/mol. The molecule has 2 aliphatic heterocycles. The molecule has 0 spiro atoms. The number of benzene rings is 1. The van der Waals surface area contributed by atoms with E-state index in [4.69, 9.17) is 0 Å². The zero-order chi connectivity index (χ0) is 31.1. The number of fused-ring (bicyclic) bond motifs is 3. The summed E-state index contributed by atoms with van der Waals surface area (Å²) in [4.78, 5) is 31.7. The molecule has 1 N–H and O–H groups in total. The number of hydrogen-bond donors (Lipinski definition) is 1. The Kier molecular flexibility index (Phi) is 11.8. The summed E-state index contributed by atoms with van der Waals surface area (Å²) in [7, 11) is 0.667. The van der Waals surface area contributed by atoms with Crippen LogP contribution in [0.5, 0.6) is 0 Å². The van der Waals surface area contributed by atoms with Crippen molar-refractivity contribution < 1.29 is 13.2 Å². The van der Waals surface area contributed by atoms with Crippen molar-refractivity contribution >= 4 is 26.8 Å². The molecule has 1 amide bonds. The van der Waals surface area contributed by atoms with E-state index in [0.29, 0.717) is 18.6 Å². The van der Waals surface area contributed by atoms with Crippen LogP contribution in [0.3, 0.4) is 0 Å². The molecule has 3 heterocycles. The number of aromatic nitrogens is 1. The van der Waals surface area contributed by atoms with Crippen molar-refractivity contribution in [2.24, 2.45) is 0 Å². The lowest BCUT2D eigenvalue weighted by Gasteiger charge is -2.39. The molecule has 0 radical (unpaired) electrons. The van der Waals surface area contributed by atoms with Crippen LogP contribution in [-0.2, 0) is 10.0 Å². The number of piperidine rings is 1. The minimum absolute atomic E-state index is 0.0293. The summed E-state index contributed by atoms with van der Waals surface area (Å²) in [5, 5.41) is 4.15. The average molecular weight is 616 g/mol. The van der Waals surface area contributed by atoms with Crippen LogP contribution in [0.15, 0.2) is 35.1 Å². The number of pyridine rings is 1. The second kappa shape index (κ2) is 15.1. The van der Waals surface area contributed by atoms with E-state index in [9.17, 15) is 18.0 Å². The molecule has 2 fully saturated rings. The fourth-order valence-electron chi connectivity index (χ4n) is 7.03. The normalized spacial score (nSPS) is 21.0. The fraction of sp³-hybridized carbons (Fsp3) is 0.697. The number of unbranched alkanes of at least 4 members (excludes halogenated alkanes) is 4. The van der Waals surface area contributed by atoms with Crippen LogP contribution in [0.2, 0.25) is 0 Å². The van der Waals surface area contributed by atoms with Crippen molar-refractivity contribution in [3.63, 3.8) is 0 Å². The predicted molar refractivity (Wildman–Crippen MR) is 175 cm³/mol. The Morgan fingerprint density at radius 2 is 1.58 bits per heavy atom. The number of amides is 1. The molecule has 43 heavy (non-hydrogen) atoms. The van der Waals surface area contributed by atoms with Crippen molar-refractivity contribution in [1.29, 1.82) is 0 Å². The molecule has 2 saturated heterocycles. The molecule has 3 atom stereocenters. The van der Waals surface area contributed by atoms with Crippen molar-refractivity contribution in [3.05, 3.63) is 46.2 Å². The summed E-state index contributed by atoms with van der Waals surface area (Å²) in [6.07, 6.45) is 12.5. The minimum Gasteiger partial charge on any atom is -0.349 e. The van der Waals surface area contributed by atoms with Gasteiger partial charge in [-0.15, -0.1) is 0 Å². The lowest BCUT2D eigenvalue weighted by Crippen LogP contribution is -2.51. The van der Waals surface area contributed by atoms with Crippen LogP contribution in [0, 0.1) is 0 Å². The SMILES string of the molecule is CC(C)n1c(=O)c(C(=O)NC2C[C@H]3CC[C@@H](C2)N3CCCCCCCN(C)CCCN(C)S(C)(=O)=O)cc2ccccc21. The Balaban J connectivity index is 1.16. The second-order valence-electron chi connectivity index (χ2n) is 13.2. The molecule has 2 bridgehead atoms. The number of rotatable bonds is 16. The summed E-state index contributed by atoms with van der Waals surface area (Å²) in [5.74, 6) is -0.241. The van der Waals surface area contributed by atoms with Gasteiger partial charge in [-0.05, 0) is 103 Å². The summed E-state index contributed by atoms with van der Waals surface area (Å²) in [5.41, 5.74) is 0.897. The van der Waals surface area contributed by atoms with Gasteiger partial charge in [0.2, 0.25) is 10.0 Å². The Labute approximate surface area is 258 Å². The molecule has 4 rings (SSSR count). The number of hydrogen-bond acceptors (Lipinski definition) is 6. The van der Waals surface area contributed by atoms with Crippen LogP contribution in [-0.4, -0.2) is 97.7 Å². The predicted octanol–water partition coefficient (Wildman–Crippen LogP) is 4.47. The molecule has 2 aromatic rings. The highest BCUT2D eigenvalue weighted by Gasteiger charge is 2.40. The number of sulfonamides is 1. The van der Waals surface area contributed by atoms with Gasteiger partial charge in [0.05, 0.1) is 11.8 Å². The van der Waals surface area contributed by atoms with Crippen LogP contribution in [0.25, 0.3) is 10.9 Å².